The zero-order chi connectivity index (χ0) is 13.9. The first-order valence-corrected chi connectivity index (χ1v) is 9.00. The monoisotopic (exact) mass is 304 g/mol. The molecule has 1 aliphatic rings. The van der Waals surface area contributed by atoms with Crippen LogP contribution in [-0.4, -0.2) is 36.1 Å². The summed E-state index contributed by atoms with van der Waals surface area (Å²) < 4.78 is 28.6. The van der Waals surface area contributed by atoms with Crippen LogP contribution in [0.5, 0.6) is 0 Å². The summed E-state index contributed by atoms with van der Waals surface area (Å²) in [4.78, 5) is 0.226. The van der Waals surface area contributed by atoms with Crippen molar-refractivity contribution in [3.8, 4) is 0 Å². The van der Waals surface area contributed by atoms with Crippen molar-refractivity contribution in [3.05, 3.63) is 18.0 Å². The van der Waals surface area contributed by atoms with Crippen LogP contribution in [0.1, 0.15) is 18.5 Å². The summed E-state index contributed by atoms with van der Waals surface area (Å²) in [6, 6.07) is 1.51. The number of sulfonamides is 1. The number of aromatic nitrogens is 1. The molecule has 0 radical (unpaired) electrons. The minimum atomic E-state index is -3.46. The molecule has 0 spiro atoms. The van der Waals surface area contributed by atoms with Gasteiger partial charge in [-0.3, -0.25) is 0 Å². The maximum Gasteiger partial charge on any atom is 0.242 e. The topological polar surface area (TPSA) is 71.3 Å². The van der Waals surface area contributed by atoms with Crippen molar-refractivity contribution in [2.24, 2.45) is 13.0 Å². The molecule has 1 aromatic rings. The number of aryl methyl sites for hydroxylation is 1. The second-order valence-electron chi connectivity index (χ2n) is 4.84. The van der Waals surface area contributed by atoms with Gasteiger partial charge in [0.15, 0.2) is 0 Å². The Morgan fingerprint density at radius 2 is 2.16 bits per heavy atom. The zero-order valence-corrected chi connectivity index (χ0v) is 12.6. The van der Waals surface area contributed by atoms with Gasteiger partial charge >= 0.3 is 0 Å². The van der Waals surface area contributed by atoms with Gasteiger partial charge in [-0.05, 0) is 36.3 Å². The van der Waals surface area contributed by atoms with E-state index in [1.807, 2.05) is 11.8 Å². The average molecular weight is 304 g/mol. The highest BCUT2D eigenvalue weighted by Gasteiger charge is 2.20. The van der Waals surface area contributed by atoms with E-state index in [2.05, 4.69) is 4.72 Å². The van der Waals surface area contributed by atoms with Gasteiger partial charge in [0.1, 0.15) is 0 Å². The summed E-state index contributed by atoms with van der Waals surface area (Å²) in [5, 5.41) is 9.09. The Morgan fingerprint density at radius 3 is 2.74 bits per heavy atom. The fourth-order valence-electron chi connectivity index (χ4n) is 2.14. The van der Waals surface area contributed by atoms with Crippen molar-refractivity contribution >= 4 is 21.8 Å². The highest BCUT2D eigenvalue weighted by molar-refractivity contribution is 7.99. The molecule has 2 heterocycles. The predicted octanol–water partition coefficient (Wildman–Crippen LogP) is 0.939. The molecule has 0 aliphatic carbocycles. The number of aliphatic hydroxyl groups is 1. The zero-order valence-electron chi connectivity index (χ0n) is 11.0. The molecule has 1 aliphatic heterocycles. The van der Waals surface area contributed by atoms with Gasteiger partial charge in [-0.25, -0.2) is 13.1 Å². The first kappa shape index (κ1) is 14.9. The third-order valence-corrected chi connectivity index (χ3v) is 5.90. The molecule has 2 N–H and O–H groups in total. The molecule has 0 amide bonds. The number of thioether (sulfide) groups is 1. The van der Waals surface area contributed by atoms with E-state index in [9.17, 15) is 8.42 Å². The fraction of sp³-hybridized carbons (Fsp3) is 0.667. The number of hydrogen-bond donors (Lipinski definition) is 2. The summed E-state index contributed by atoms with van der Waals surface area (Å²) in [5.41, 5.74) is 0.592. The lowest BCUT2D eigenvalue weighted by Gasteiger charge is -2.21. The van der Waals surface area contributed by atoms with E-state index in [1.54, 1.807) is 11.6 Å². The smallest absolute Gasteiger partial charge is 0.242 e. The standard InChI is InChI=1S/C12H20N2O3S2/c1-14-8-12(6-11(14)9-15)19(16,17)13-7-10-2-4-18-5-3-10/h6,8,10,13,15H,2-5,7,9H2,1H3. The van der Waals surface area contributed by atoms with Crippen LogP contribution < -0.4 is 4.72 Å². The van der Waals surface area contributed by atoms with Gasteiger partial charge in [-0.15, -0.1) is 0 Å². The average Bonchev–Trinajstić information content (AvgIpc) is 2.80. The van der Waals surface area contributed by atoms with Crippen LogP contribution in [0, 0.1) is 5.92 Å². The molecular weight excluding hydrogens is 284 g/mol. The van der Waals surface area contributed by atoms with Crippen molar-refractivity contribution in [1.82, 2.24) is 9.29 Å². The van der Waals surface area contributed by atoms with Crippen LogP contribution in [0.2, 0.25) is 0 Å². The lowest BCUT2D eigenvalue weighted by atomic mass is 10.0. The van der Waals surface area contributed by atoms with E-state index in [1.165, 1.54) is 12.3 Å². The first-order chi connectivity index (χ1) is 9.03. The minimum absolute atomic E-state index is 0.161. The number of hydrogen-bond acceptors (Lipinski definition) is 4. The summed E-state index contributed by atoms with van der Waals surface area (Å²) in [7, 11) is -1.74. The normalized spacial score (nSPS) is 17.8. The van der Waals surface area contributed by atoms with E-state index in [0.29, 0.717) is 18.2 Å². The van der Waals surface area contributed by atoms with Crippen molar-refractivity contribution < 1.29 is 13.5 Å². The highest BCUT2D eigenvalue weighted by Crippen LogP contribution is 2.22. The van der Waals surface area contributed by atoms with Crippen LogP contribution >= 0.6 is 11.8 Å². The Hall–Kier alpha value is -0.500. The van der Waals surface area contributed by atoms with Crippen LogP contribution in [0.3, 0.4) is 0 Å². The van der Waals surface area contributed by atoms with Gasteiger partial charge in [0.25, 0.3) is 0 Å². The first-order valence-electron chi connectivity index (χ1n) is 6.36. The van der Waals surface area contributed by atoms with E-state index < -0.39 is 10.0 Å². The molecule has 0 saturated carbocycles. The quantitative estimate of drug-likeness (QED) is 0.849. The molecule has 5 nitrogen and oxygen atoms in total. The van der Waals surface area contributed by atoms with Crippen molar-refractivity contribution in [2.45, 2.75) is 24.3 Å². The molecule has 1 aromatic heterocycles. The van der Waals surface area contributed by atoms with Crippen molar-refractivity contribution in [3.63, 3.8) is 0 Å². The second-order valence-corrected chi connectivity index (χ2v) is 7.84. The number of nitrogens with zero attached hydrogens (tertiary/aromatic N) is 1. The molecule has 7 heteroatoms. The minimum Gasteiger partial charge on any atom is -0.390 e. The van der Waals surface area contributed by atoms with Gasteiger partial charge in [0.2, 0.25) is 10.0 Å². The van der Waals surface area contributed by atoms with Crippen LogP contribution in [-0.2, 0) is 23.7 Å². The lowest BCUT2D eigenvalue weighted by molar-refractivity contribution is 0.272. The summed E-state index contributed by atoms with van der Waals surface area (Å²) >= 11 is 1.93. The predicted molar refractivity (Wildman–Crippen MR) is 76.6 cm³/mol. The van der Waals surface area contributed by atoms with Gasteiger partial charge in [0.05, 0.1) is 11.5 Å². The van der Waals surface area contributed by atoms with Crippen LogP contribution in [0.25, 0.3) is 0 Å². The molecule has 0 bridgehead atoms. The van der Waals surface area contributed by atoms with E-state index in [4.69, 9.17) is 5.11 Å². The maximum absolute atomic E-state index is 12.1. The van der Waals surface area contributed by atoms with E-state index in [0.717, 1.165) is 24.3 Å². The summed E-state index contributed by atoms with van der Waals surface area (Å²) in [6.07, 6.45) is 3.68. The Kier molecular flexibility index (Phi) is 4.94. The van der Waals surface area contributed by atoms with E-state index in [-0.39, 0.29) is 11.5 Å². The Bertz CT molecular complexity index is 519. The third kappa shape index (κ3) is 3.75. The second kappa shape index (κ2) is 6.30. The van der Waals surface area contributed by atoms with Gasteiger partial charge in [0, 0.05) is 25.5 Å². The number of rotatable bonds is 5. The molecular formula is C12H20N2O3S2. The van der Waals surface area contributed by atoms with Crippen LogP contribution in [0.15, 0.2) is 17.2 Å². The Morgan fingerprint density at radius 1 is 1.47 bits per heavy atom. The number of nitrogens with one attached hydrogen (secondary N) is 1. The fourth-order valence-corrected chi connectivity index (χ4v) is 4.56. The van der Waals surface area contributed by atoms with Gasteiger partial charge in [-0.2, -0.15) is 11.8 Å². The van der Waals surface area contributed by atoms with Crippen LogP contribution in [0.4, 0.5) is 0 Å². The number of aliphatic hydroxyl groups excluding tert-OH is 1. The third-order valence-electron chi connectivity index (χ3n) is 3.46. The lowest BCUT2D eigenvalue weighted by Crippen LogP contribution is -2.30. The molecule has 19 heavy (non-hydrogen) atoms. The summed E-state index contributed by atoms with van der Waals surface area (Å²) in [5.74, 6) is 2.68. The molecule has 2 rings (SSSR count). The summed E-state index contributed by atoms with van der Waals surface area (Å²) in [6.45, 7) is 0.345. The highest BCUT2D eigenvalue weighted by atomic mass is 32.2. The molecule has 0 aromatic carbocycles. The Labute approximate surface area is 118 Å². The van der Waals surface area contributed by atoms with Gasteiger partial charge in [-0.1, -0.05) is 0 Å². The molecule has 1 saturated heterocycles. The maximum atomic E-state index is 12.1. The largest absolute Gasteiger partial charge is 0.390 e. The SMILES string of the molecule is Cn1cc(S(=O)(=O)NCC2CCSCC2)cc1CO. The van der Waals surface area contributed by atoms with Gasteiger partial charge < -0.3 is 9.67 Å². The van der Waals surface area contributed by atoms with Crippen molar-refractivity contribution in [2.75, 3.05) is 18.1 Å². The molecule has 0 unspecified atom stereocenters. The van der Waals surface area contributed by atoms with Crippen molar-refractivity contribution in [1.29, 1.82) is 0 Å². The molecule has 1 fully saturated rings. The van der Waals surface area contributed by atoms with E-state index >= 15 is 0 Å². The molecule has 108 valence electrons. The molecule has 0 atom stereocenters. The Balaban J connectivity index is 2.00.